The average Bonchev–Trinajstić information content (AvgIpc) is 3.05. The fourth-order valence-corrected chi connectivity index (χ4v) is 3.60. The van der Waals surface area contributed by atoms with E-state index in [2.05, 4.69) is 37.0 Å². The summed E-state index contributed by atoms with van der Waals surface area (Å²) in [5, 5.41) is 6.55. The second-order valence-electron chi connectivity index (χ2n) is 6.58. The van der Waals surface area contributed by atoms with E-state index in [1.54, 1.807) is 17.3 Å². The minimum atomic E-state index is -0.0333. The lowest BCUT2D eigenvalue weighted by Crippen LogP contribution is -2.27. The van der Waals surface area contributed by atoms with E-state index in [9.17, 15) is 4.79 Å². The van der Waals surface area contributed by atoms with Crippen LogP contribution in [0, 0.1) is 0 Å². The molecule has 0 saturated heterocycles. The van der Waals surface area contributed by atoms with Crippen LogP contribution in [-0.2, 0) is 5.41 Å². The fourth-order valence-electron chi connectivity index (χ4n) is 3.60. The zero-order valence-electron chi connectivity index (χ0n) is 13.0. The number of hydrogen-bond acceptors (Lipinski definition) is 2. The summed E-state index contributed by atoms with van der Waals surface area (Å²) >= 11 is 0. The van der Waals surface area contributed by atoms with Gasteiger partial charge in [0, 0.05) is 18.9 Å². The van der Waals surface area contributed by atoms with Crippen molar-refractivity contribution in [1.29, 1.82) is 0 Å². The number of rotatable bonds is 2. The first-order valence-electron chi connectivity index (χ1n) is 7.32. The second-order valence-corrected chi connectivity index (χ2v) is 6.58. The van der Waals surface area contributed by atoms with Crippen molar-refractivity contribution in [3.05, 3.63) is 47.3 Å². The Morgan fingerprint density at radius 2 is 2.19 bits per heavy atom. The van der Waals surface area contributed by atoms with E-state index in [-0.39, 0.29) is 11.3 Å². The molecule has 21 heavy (non-hydrogen) atoms. The van der Waals surface area contributed by atoms with Crippen LogP contribution in [0.2, 0.25) is 0 Å². The normalized spacial score (nSPS) is 19.3. The topological polar surface area (TPSA) is 49.0 Å². The number of nitrogens with one attached hydrogen (secondary N) is 1. The molecule has 4 heteroatoms. The predicted molar refractivity (Wildman–Crippen MR) is 83.8 cm³/mol. The number of H-pyrrole nitrogens is 1. The maximum Gasteiger partial charge on any atom is 0.261 e. The lowest BCUT2D eigenvalue weighted by Gasteiger charge is -2.23. The molecule has 0 bridgehead atoms. The molecule has 1 N–H and O–H groups in total. The van der Waals surface area contributed by atoms with Gasteiger partial charge in [-0.15, -0.1) is 0 Å². The molecule has 3 rings (SSSR count). The molecule has 110 valence electrons. The number of fused-ring (bicyclic) bond motifs is 1. The summed E-state index contributed by atoms with van der Waals surface area (Å²) in [6.45, 7) is 6.79. The van der Waals surface area contributed by atoms with Gasteiger partial charge in [0.15, 0.2) is 0 Å². The Kier molecular flexibility index (Phi) is 3.12. The summed E-state index contributed by atoms with van der Waals surface area (Å²) in [6, 6.07) is 6.28. The van der Waals surface area contributed by atoms with Crippen LogP contribution in [0.3, 0.4) is 0 Å². The van der Waals surface area contributed by atoms with Gasteiger partial charge in [0.05, 0.1) is 11.8 Å². The van der Waals surface area contributed by atoms with Crippen LogP contribution < -0.4 is 4.90 Å². The number of carbonyl (C=O) groups is 1. The van der Waals surface area contributed by atoms with Crippen LogP contribution in [0.1, 0.15) is 54.6 Å². The van der Waals surface area contributed by atoms with Crippen molar-refractivity contribution in [3.63, 3.8) is 0 Å². The molecule has 1 atom stereocenters. The zero-order valence-corrected chi connectivity index (χ0v) is 13.0. The molecular weight excluding hydrogens is 262 g/mol. The van der Waals surface area contributed by atoms with Crippen LogP contribution in [0.25, 0.3) is 0 Å². The molecule has 0 radical (unpaired) electrons. The van der Waals surface area contributed by atoms with E-state index < -0.39 is 0 Å². The van der Waals surface area contributed by atoms with Crippen LogP contribution in [-0.4, -0.2) is 23.2 Å². The molecule has 1 aliphatic carbocycles. The highest BCUT2D eigenvalue weighted by atomic mass is 16.2. The van der Waals surface area contributed by atoms with E-state index in [0.717, 1.165) is 12.1 Å². The minimum Gasteiger partial charge on any atom is -0.311 e. The Hall–Kier alpha value is -2.10. The Bertz CT molecular complexity index is 673. The van der Waals surface area contributed by atoms with Crippen molar-refractivity contribution in [2.45, 2.75) is 38.5 Å². The van der Waals surface area contributed by atoms with E-state index in [0.29, 0.717) is 11.5 Å². The largest absolute Gasteiger partial charge is 0.311 e. The standard InChI is InChI=1S/C17H21N3O/c1-11-8-17(2,3)13-6-5-7-14(15(11)13)20(4)16(21)12-9-18-19-10-12/h5-7,9-11H,8H2,1-4H3,(H,18,19). The minimum absolute atomic E-state index is 0.0333. The quantitative estimate of drug-likeness (QED) is 0.917. The molecule has 0 spiro atoms. The van der Waals surface area contributed by atoms with Gasteiger partial charge in [0.2, 0.25) is 0 Å². The number of aromatic nitrogens is 2. The smallest absolute Gasteiger partial charge is 0.261 e. The summed E-state index contributed by atoms with van der Waals surface area (Å²) in [7, 11) is 1.84. The van der Waals surface area contributed by atoms with Crippen molar-refractivity contribution in [1.82, 2.24) is 10.2 Å². The van der Waals surface area contributed by atoms with Crippen LogP contribution in [0.15, 0.2) is 30.6 Å². The Morgan fingerprint density at radius 1 is 1.43 bits per heavy atom. The second kappa shape index (κ2) is 4.72. The molecule has 0 fully saturated rings. The van der Waals surface area contributed by atoms with Crippen LogP contribution in [0.4, 0.5) is 5.69 Å². The third-order valence-electron chi connectivity index (χ3n) is 4.53. The van der Waals surface area contributed by atoms with E-state index >= 15 is 0 Å². The van der Waals surface area contributed by atoms with Crippen molar-refractivity contribution in [2.75, 3.05) is 11.9 Å². The average molecular weight is 283 g/mol. The SMILES string of the molecule is CC1CC(C)(C)c2cccc(N(C)C(=O)c3cn[nH]c3)c21. The van der Waals surface area contributed by atoms with Gasteiger partial charge in [-0.3, -0.25) is 9.89 Å². The van der Waals surface area contributed by atoms with Gasteiger partial charge in [-0.2, -0.15) is 5.10 Å². The number of hydrogen-bond donors (Lipinski definition) is 1. The van der Waals surface area contributed by atoms with Gasteiger partial charge in [-0.1, -0.05) is 32.9 Å². The first kappa shape index (κ1) is 13.9. The summed E-state index contributed by atoms with van der Waals surface area (Å²) in [5.41, 5.74) is 4.43. The summed E-state index contributed by atoms with van der Waals surface area (Å²) in [5.74, 6) is 0.430. The first-order chi connectivity index (χ1) is 9.92. The molecule has 0 aliphatic heterocycles. The highest BCUT2D eigenvalue weighted by molar-refractivity contribution is 6.06. The third-order valence-corrected chi connectivity index (χ3v) is 4.53. The summed E-state index contributed by atoms with van der Waals surface area (Å²) in [6.07, 6.45) is 4.32. The number of anilines is 1. The number of amides is 1. The summed E-state index contributed by atoms with van der Waals surface area (Å²) in [4.78, 5) is 14.3. The highest BCUT2D eigenvalue weighted by Crippen LogP contribution is 2.49. The van der Waals surface area contributed by atoms with Gasteiger partial charge in [0.25, 0.3) is 5.91 Å². The molecule has 1 unspecified atom stereocenters. The van der Waals surface area contributed by atoms with E-state index in [4.69, 9.17) is 0 Å². The Balaban J connectivity index is 2.05. The van der Waals surface area contributed by atoms with E-state index in [1.807, 2.05) is 19.2 Å². The Labute approximate surface area is 125 Å². The zero-order chi connectivity index (χ0) is 15.2. The number of benzene rings is 1. The first-order valence-corrected chi connectivity index (χ1v) is 7.32. The molecule has 1 aromatic heterocycles. The van der Waals surface area contributed by atoms with Crippen molar-refractivity contribution in [3.8, 4) is 0 Å². The van der Waals surface area contributed by atoms with Gasteiger partial charge in [-0.05, 0) is 34.9 Å². The molecular formula is C17H21N3O. The summed E-state index contributed by atoms with van der Waals surface area (Å²) < 4.78 is 0. The van der Waals surface area contributed by atoms with Crippen LogP contribution in [0.5, 0.6) is 0 Å². The van der Waals surface area contributed by atoms with Crippen molar-refractivity contribution in [2.24, 2.45) is 0 Å². The van der Waals surface area contributed by atoms with Crippen molar-refractivity contribution >= 4 is 11.6 Å². The van der Waals surface area contributed by atoms with Gasteiger partial charge < -0.3 is 4.90 Å². The van der Waals surface area contributed by atoms with Gasteiger partial charge in [0.1, 0.15) is 0 Å². The third kappa shape index (κ3) is 2.15. The Morgan fingerprint density at radius 3 is 2.86 bits per heavy atom. The molecule has 2 aromatic rings. The molecule has 0 saturated carbocycles. The molecule has 4 nitrogen and oxygen atoms in total. The highest BCUT2D eigenvalue weighted by Gasteiger charge is 2.37. The van der Waals surface area contributed by atoms with E-state index in [1.165, 1.54) is 11.1 Å². The van der Waals surface area contributed by atoms with Crippen molar-refractivity contribution < 1.29 is 4.79 Å². The van der Waals surface area contributed by atoms with Crippen LogP contribution >= 0.6 is 0 Å². The van der Waals surface area contributed by atoms with Gasteiger partial charge in [-0.25, -0.2) is 0 Å². The molecule has 1 heterocycles. The molecule has 1 amide bonds. The maximum absolute atomic E-state index is 12.5. The number of aromatic amines is 1. The predicted octanol–water partition coefficient (Wildman–Crippen LogP) is 3.47. The lowest BCUT2D eigenvalue weighted by atomic mass is 9.86. The molecule has 1 aliphatic rings. The monoisotopic (exact) mass is 283 g/mol. The lowest BCUT2D eigenvalue weighted by molar-refractivity contribution is 0.0993. The number of carbonyl (C=O) groups excluding carboxylic acids is 1. The molecule has 1 aromatic carbocycles. The number of nitrogens with zero attached hydrogens (tertiary/aromatic N) is 2. The van der Waals surface area contributed by atoms with Gasteiger partial charge >= 0.3 is 0 Å². The fraction of sp³-hybridized carbons (Fsp3) is 0.412. The maximum atomic E-state index is 12.5.